The second-order valence-electron chi connectivity index (χ2n) is 8.75. The minimum atomic E-state index is -0.653. The van der Waals surface area contributed by atoms with Crippen molar-refractivity contribution in [2.24, 2.45) is 0 Å². The smallest absolute Gasteiger partial charge is 0.145 e. The van der Waals surface area contributed by atoms with Gasteiger partial charge in [0.1, 0.15) is 23.1 Å². The number of ether oxygens (including phenoxy) is 1. The molecule has 170 valence electrons. The molecule has 0 spiro atoms. The first kappa shape index (κ1) is 21.6. The molecular formula is C26H25F2N3O2. The second kappa shape index (κ2) is 9.32. The summed E-state index contributed by atoms with van der Waals surface area (Å²) >= 11 is 0. The van der Waals surface area contributed by atoms with E-state index < -0.39 is 11.6 Å². The molecule has 1 saturated heterocycles. The molecule has 0 N–H and O–H groups in total. The zero-order chi connectivity index (χ0) is 22.8. The van der Waals surface area contributed by atoms with E-state index in [0.717, 1.165) is 50.9 Å². The van der Waals surface area contributed by atoms with Gasteiger partial charge in [-0.3, -0.25) is 0 Å². The highest BCUT2D eigenvalue weighted by Gasteiger charge is 2.34. The van der Waals surface area contributed by atoms with Crippen molar-refractivity contribution >= 4 is 5.69 Å². The fourth-order valence-electron chi connectivity index (χ4n) is 4.49. The number of benzene rings is 2. The summed E-state index contributed by atoms with van der Waals surface area (Å²) in [6, 6.07) is 13.6. The average molecular weight is 450 g/mol. The van der Waals surface area contributed by atoms with Crippen LogP contribution >= 0.6 is 0 Å². The van der Waals surface area contributed by atoms with Crippen molar-refractivity contribution in [1.29, 1.82) is 5.26 Å². The number of halogens is 2. The summed E-state index contributed by atoms with van der Waals surface area (Å²) in [6.45, 7) is 1.97. The molecule has 3 aromatic rings. The lowest BCUT2D eigenvalue weighted by atomic mass is 10.0. The van der Waals surface area contributed by atoms with Crippen LogP contribution in [0.2, 0.25) is 0 Å². The molecule has 0 bridgehead atoms. The predicted molar refractivity (Wildman–Crippen MR) is 120 cm³/mol. The molecule has 1 aromatic heterocycles. The number of aromatic nitrogens is 1. The van der Waals surface area contributed by atoms with Gasteiger partial charge >= 0.3 is 0 Å². The Morgan fingerprint density at radius 2 is 1.79 bits per heavy atom. The summed E-state index contributed by atoms with van der Waals surface area (Å²) < 4.78 is 40.7. The van der Waals surface area contributed by atoms with Gasteiger partial charge in [0.05, 0.1) is 29.9 Å². The summed E-state index contributed by atoms with van der Waals surface area (Å²) in [5.74, 6) is -0.361. The fraction of sp³-hybridized carbons (Fsp3) is 0.385. The van der Waals surface area contributed by atoms with Crippen molar-refractivity contribution in [3.05, 3.63) is 71.0 Å². The average Bonchev–Trinajstić information content (AvgIpc) is 3.63. The molecule has 2 aliphatic rings. The van der Waals surface area contributed by atoms with Crippen LogP contribution in [0, 0.1) is 23.0 Å². The molecule has 7 heteroatoms. The monoisotopic (exact) mass is 449 g/mol. The van der Waals surface area contributed by atoms with Gasteiger partial charge < -0.3 is 14.2 Å². The molecule has 0 amide bonds. The van der Waals surface area contributed by atoms with E-state index in [4.69, 9.17) is 14.5 Å². The van der Waals surface area contributed by atoms with Crippen molar-refractivity contribution in [3.8, 4) is 17.3 Å². The highest BCUT2D eigenvalue weighted by atomic mass is 19.1. The Balaban J connectivity index is 1.29. The molecule has 1 atom stereocenters. The standard InChI is InChI=1S/C26H25F2N3O2/c27-22-4-1-5-23(28)24(22)25-21(26(33-30-25)18-8-9-18)16-32-20-3-2-13-31(14-12-20)19-10-6-17(15-29)7-11-19/h1,4-7,10-11,18,20H,2-3,8-9,12-14,16H2. The van der Waals surface area contributed by atoms with Crippen LogP contribution in [0.25, 0.3) is 11.3 Å². The molecule has 1 aliphatic carbocycles. The number of anilines is 1. The lowest BCUT2D eigenvalue weighted by Gasteiger charge is -2.23. The summed E-state index contributed by atoms with van der Waals surface area (Å²) in [6.07, 6.45) is 4.73. The van der Waals surface area contributed by atoms with Crippen molar-refractivity contribution in [1.82, 2.24) is 5.16 Å². The normalized spacial score (nSPS) is 18.7. The third-order valence-electron chi connectivity index (χ3n) is 6.47. The number of rotatable bonds is 6. The summed E-state index contributed by atoms with van der Waals surface area (Å²) in [7, 11) is 0. The molecule has 2 heterocycles. The second-order valence-corrected chi connectivity index (χ2v) is 8.75. The number of nitriles is 1. The first-order valence-corrected chi connectivity index (χ1v) is 11.4. The molecule has 1 saturated carbocycles. The molecule has 0 radical (unpaired) electrons. The summed E-state index contributed by atoms with van der Waals surface area (Å²) in [5, 5.41) is 13.1. The molecule has 5 nitrogen and oxygen atoms in total. The number of nitrogens with zero attached hydrogens (tertiary/aromatic N) is 3. The zero-order valence-electron chi connectivity index (χ0n) is 18.3. The summed E-state index contributed by atoms with van der Waals surface area (Å²) in [5.41, 5.74) is 2.47. The lowest BCUT2D eigenvalue weighted by Crippen LogP contribution is -2.24. The topological polar surface area (TPSA) is 62.3 Å². The van der Waals surface area contributed by atoms with Crippen LogP contribution in [-0.4, -0.2) is 24.4 Å². The fourth-order valence-corrected chi connectivity index (χ4v) is 4.49. The molecule has 2 fully saturated rings. The molecule has 1 aliphatic heterocycles. The van der Waals surface area contributed by atoms with Crippen LogP contribution < -0.4 is 4.90 Å². The predicted octanol–water partition coefficient (Wildman–Crippen LogP) is 5.94. The highest BCUT2D eigenvalue weighted by Crippen LogP contribution is 2.45. The minimum Gasteiger partial charge on any atom is -0.373 e. The summed E-state index contributed by atoms with van der Waals surface area (Å²) in [4.78, 5) is 2.31. The highest BCUT2D eigenvalue weighted by molar-refractivity contribution is 5.65. The van der Waals surface area contributed by atoms with E-state index in [1.807, 2.05) is 24.3 Å². The van der Waals surface area contributed by atoms with Gasteiger partial charge in [-0.2, -0.15) is 5.26 Å². The van der Waals surface area contributed by atoms with Gasteiger partial charge in [0.25, 0.3) is 0 Å². The first-order valence-electron chi connectivity index (χ1n) is 11.4. The molecular weight excluding hydrogens is 424 g/mol. The van der Waals surface area contributed by atoms with E-state index in [-0.39, 0.29) is 29.9 Å². The van der Waals surface area contributed by atoms with Crippen molar-refractivity contribution in [2.75, 3.05) is 18.0 Å². The van der Waals surface area contributed by atoms with Crippen molar-refractivity contribution in [2.45, 2.75) is 50.7 Å². The van der Waals surface area contributed by atoms with Crippen LogP contribution in [-0.2, 0) is 11.3 Å². The maximum Gasteiger partial charge on any atom is 0.145 e. The van der Waals surface area contributed by atoms with Crippen LogP contribution in [0.3, 0.4) is 0 Å². The maximum absolute atomic E-state index is 14.5. The minimum absolute atomic E-state index is 0.0358. The third-order valence-corrected chi connectivity index (χ3v) is 6.47. The molecule has 33 heavy (non-hydrogen) atoms. The Kier molecular flexibility index (Phi) is 6.10. The Bertz CT molecular complexity index is 1150. The van der Waals surface area contributed by atoms with E-state index in [2.05, 4.69) is 16.1 Å². The van der Waals surface area contributed by atoms with Gasteiger partial charge in [-0.25, -0.2) is 8.78 Å². The van der Waals surface area contributed by atoms with Crippen LogP contribution in [0.15, 0.2) is 47.0 Å². The molecule has 2 aromatic carbocycles. The van der Waals surface area contributed by atoms with Crippen molar-refractivity contribution < 1.29 is 18.0 Å². The lowest BCUT2D eigenvalue weighted by molar-refractivity contribution is 0.0328. The maximum atomic E-state index is 14.5. The van der Waals surface area contributed by atoms with E-state index >= 15 is 0 Å². The van der Waals surface area contributed by atoms with E-state index in [9.17, 15) is 8.78 Å². The van der Waals surface area contributed by atoms with Crippen LogP contribution in [0.1, 0.15) is 54.9 Å². The van der Waals surface area contributed by atoms with Gasteiger partial charge in [0, 0.05) is 30.3 Å². The third kappa shape index (κ3) is 4.62. The van der Waals surface area contributed by atoms with Gasteiger partial charge in [0.15, 0.2) is 0 Å². The SMILES string of the molecule is N#Cc1ccc(N2CCCC(OCc3c(-c4c(F)cccc4F)noc3C3CC3)CC2)cc1. The quantitative estimate of drug-likeness (QED) is 0.466. The van der Waals surface area contributed by atoms with E-state index in [0.29, 0.717) is 16.9 Å². The Morgan fingerprint density at radius 1 is 1.03 bits per heavy atom. The first-order chi connectivity index (χ1) is 16.1. The zero-order valence-corrected chi connectivity index (χ0v) is 18.3. The Morgan fingerprint density at radius 3 is 2.48 bits per heavy atom. The number of hydrogen-bond donors (Lipinski definition) is 0. The Labute approximate surface area is 191 Å². The van der Waals surface area contributed by atoms with Gasteiger partial charge in [-0.05, 0) is 68.5 Å². The van der Waals surface area contributed by atoms with Crippen LogP contribution in [0.4, 0.5) is 14.5 Å². The van der Waals surface area contributed by atoms with Gasteiger partial charge in [-0.1, -0.05) is 11.2 Å². The van der Waals surface area contributed by atoms with Gasteiger partial charge in [-0.15, -0.1) is 0 Å². The van der Waals surface area contributed by atoms with E-state index in [1.165, 1.54) is 18.2 Å². The molecule has 5 rings (SSSR count). The van der Waals surface area contributed by atoms with Crippen molar-refractivity contribution in [3.63, 3.8) is 0 Å². The van der Waals surface area contributed by atoms with Crippen LogP contribution in [0.5, 0.6) is 0 Å². The number of hydrogen-bond acceptors (Lipinski definition) is 5. The van der Waals surface area contributed by atoms with Gasteiger partial charge in [0.2, 0.25) is 0 Å². The Hall–Kier alpha value is -3.24. The molecule has 1 unspecified atom stereocenters. The largest absolute Gasteiger partial charge is 0.373 e. The van der Waals surface area contributed by atoms with E-state index in [1.54, 1.807) is 0 Å².